The lowest BCUT2D eigenvalue weighted by molar-refractivity contribution is -0.142. The Hall–Kier alpha value is -1.04. The van der Waals surface area contributed by atoms with Gasteiger partial charge in [-0.05, 0) is 13.1 Å². The van der Waals surface area contributed by atoms with E-state index in [1.165, 1.54) is 11.9 Å². The summed E-state index contributed by atoms with van der Waals surface area (Å²) in [5.41, 5.74) is 0.979. The van der Waals surface area contributed by atoms with Gasteiger partial charge in [0.2, 0.25) is 0 Å². The second-order valence-corrected chi connectivity index (χ2v) is 4.65. The molecule has 0 aliphatic rings. The molecular weight excluding hydrogens is 412 g/mol. The van der Waals surface area contributed by atoms with E-state index in [0.29, 0.717) is 19.0 Å². The second-order valence-electron chi connectivity index (χ2n) is 4.65. The minimum absolute atomic E-state index is 0. The van der Waals surface area contributed by atoms with Crippen molar-refractivity contribution in [3.05, 3.63) is 18.0 Å². The van der Waals surface area contributed by atoms with Crippen molar-refractivity contribution in [3.8, 4) is 0 Å². The van der Waals surface area contributed by atoms with E-state index in [9.17, 15) is 13.2 Å². The first-order valence-corrected chi connectivity index (χ1v) is 6.48. The normalized spacial score (nSPS) is 12.2. The predicted octanol–water partition coefficient (Wildman–Crippen LogP) is 1.20. The zero-order chi connectivity index (χ0) is 15.9. The molecule has 22 heavy (non-hydrogen) atoms. The molecule has 0 fully saturated rings. The maximum absolute atomic E-state index is 12.2. The zero-order valence-electron chi connectivity index (χ0n) is 12.8. The summed E-state index contributed by atoms with van der Waals surface area (Å²) in [5, 5.41) is 10.1. The number of guanidine groups is 1. The lowest BCUT2D eigenvalue weighted by Crippen LogP contribution is -2.42. The van der Waals surface area contributed by atoms with Crippen LogP contribution in [0.25, 0.3) is 0 Å². The van der Waals surface area contributed by atoms with E-state index in [1.54, 1.807) is 17.9 Å². The Morgan fingerprint density at radius 3 is 2.59 bits per heavy atom. The van der Waals surface area contributed by atoms with Crippen LogP contribution < -0.4 is 10.6 Å². The number of alkyl halides is 3. The molecule has 0 saturated carbocycles. The maximum atomic E-state index is 12.2. The van der Waals surface area contributed by atoms with Gasteiger partial charge in [-0.2, -0.15) is 18.3 Å². The van der Waals surface area contributed by atoms with Gasteiger partial charge in [-0.3, -0.25) is 14.6 Å². The molecule has 10 heteroatoms. The predicted molar refractivity (Wildman–Crippen MR) is 90.4 cm³/mol. The smallest absolute Gasteiger partial charge is 0.355 e. The first-order valence-electron chi connectivity index (χ1n) is 6.48. The Morgan fingerprint density at radius 2 is 2.09 bits per heavy atom. The van der Waals surface area contributed by atoms with Gasteiger partial charge in [0.15, 0.2) is 5.96 Å². The Morgan fingerprint density at radius 1 is 1.41 bits per heavy atom. The fourth-order valence-corrected chi connectivity index (χ4v) is 1.72. The van der Waals surface area contributed by atoms with E-state index >= 15 is 0 Å². The highest BCUT2D eigenvalue weighted by Crippen LogP contribution is 2.14. The lowest BCUT2D eigenvalue weighted by atomic mass is 10.4. The summed E-state index contributed by atoms with van der Waals surface area (Å²) in [4.78, 5) is 5.22. The summed E-state index contributed by atoms with van der Waals surface area (Å²) >= 11 is 0. The molecule has 0 saturated heterocycles. The summed E-state index contributed by atoms with van der Waals surface area (Å²) < 4.78 is 38.2. The van der Waals surface area contributed by atoms with Gasteiger partial charge < -0.3 is 10.6 Å². The molecule has 1 aromatic rings. The summed E-state index contributed by atoms with van der Waals surface area (Å²) in [6.07, 6.45) is -2.48. The van der Waals surface area contributed by atoms with E-state index in [0.717, 1.165) is 5.69 Å². The largest absolute Gasteiger partial charge is 0.401 e. The van der Waals surface area contributed by atoms with Crippen molar-refractivity contribution in [1.82, 2.24) is 25.3 Å². The van der Waals surface area contributed by atoms with Gasteiger partial charge in [-0.25, -0.2) is 0 Å². The molecule has 0 unspecified atom stereocenters. The Bertz CT molecular complexity index is 460. The van der Waals surface area contributed by atoms with Crippen molar-refractivity contribution in [2.75, 3.05) is 33.7 Å². The Labute approximate surface area is 145 Å². The summed E-state index contributed by atoms with van der Waals surface area (Å²) in [5.74, 6) is 0.539. The van der Waals surface area contributed by atoms with Gasteiger partial charge >= 0.3 is 6.18 Å². The van der Waals surface area contributed by atoms with Crippen LogP contribution in [0.2, 0.25) is 0 Å². The molecule has 1 heterocycles. The molecule has 0 aliphatic carbocycles. The summed E-state index contributed by atoms with van der Waals surface area (Å²) in [6, 6.07) is 1.87. The van der Waals surface area contributed by atoms with Crippen LogP contribution in [0.1, 0.15) is 5.69 Å². The van der Waals surface area contributed by atoms with Crippen molar-refractivity contribution < 1.29 is 13.2 Å². The quantitative estimate of drug-likeness (QED) is 0.402. The maximum Gasteiger partial charge on any atom is 0.401 e. The van der Waals surface area contributed by atoms with Crippen LogP contribution in [0.4, 0.5) is 13.2 Å². The number of hydrogen-bond donors (Lipinski definition) is 2. The number of aryl methyl sites for hydroxylation is 1. The minimum atomic E-state index is -4.17. The topological polar surface area (TPSA) is 57.5 Å². The fourth-order valence-electron chi connectivity index (χ4n) is 1.72. The zero-order valence-corrected chi connectivity index (χ0v) is 15.1. The van der Waals surface area contributed by atoms with Crippen molar-refractivity contribution in [2.45, 2.75) is 12.7 Å². The van der Waals surface area contributed by atoms with E-state index in [2.05, 4.69) is 20.7 Å². The lowest BCUT2D eigenvalue weighted by Gasteiger charge is -2.19. The molecular formula is C12H22F3IN6. The van der Waals surface area contributed by atoms with Crippen LogP contribution in [0, 0.1) is 0 Å². The van der Waals surface area contributed by atoms with Crippen LogP contribution in [0.5, 0.6) is 0 Å². The first-order chi connectivity index (χ1) is 9.81. The average Bonchev–Trinajstić information content (AvgIpc) is 2.77. The molecule has 0 spiro atoms. The molecule has 2 N–H and O–H groups in total. The number of nitrogens with zero attached hydrogens (tertiary/aromatic N) is 4. The average molecular weight is 434 g/mol. The molecule has 0 aromatic carbocycles. The molecule has 0 atom stereocenters. The number of likely N-dealkylation sites (N-methyl/N-ethyl adjacent to an activating group) is 1. The molecule has 0 amide bonds. The van der Waals surface area contributed by atoms with Gasteiger partial charge in [0.1, 0.15) is 0 Å². The number of rotatable bonds is 6. The molecule has 0 radical (unpaired) electrons. The third-order valence-corrected chi connectivity index (χ3v) is 2.82. The van der Waals surface area contributed by atoms with Crippen molar-refractivity contribution >= 4 is 29.9 Å². The van der Waals surface area contributed by atoms with E-state index in [4.69, 9.17) is 0 Å². The highest BCUT2D eigenvalue weighted by molar-refractivity contribution is 14.0. The minimum Gasteiger partial charge on any atom is -0.355 e. The fraction of sp³-hybridized carbons (Fsp3) is 0.667. The van der Waals surface area contributed by atoms with Crippen molar-refractivity contribution in [3.63, 3.8) is 0 Å². The number of nitrogens with one attached hydrogen (secondary N) is 2. The van der Waals surface area contributed by atoms with Crippen LogP contribution in [0.15, 0.2) is 17.3 Å². The molecule has 1 aromatic heterocycles. The highest BCUT2D eigenvalue weighted by Gasteiger charge is 2.28. The monoisotopic (exact) mass is 434 g/mol. The molecule has 0 bridgehead atoms. The van der Waals surface area contributed by atoms with E-state index < -0.39 is 12.7 Å². The molecule has 0 aliphatic heterocycles. The van der Waals surface area contributed by atoms with E-state index in [-0.39, 0.29) is 30.5 Å². The van der Waals surface area contributed by atoms with Gasteiger partial charge in [-0.15, -0.1) is 24.0 Å². The van der Waals surface area contributed by atoms with Crippen LogP contribution in [-0.4, -0.2) is 60.5 Å². The second kappa shape index (κ2) is 9.87. The van der Waals surface area contributed by atoms with Gasteiger partial charge in [-0.1, -0.05) is 0 Å². The third kappa shape index (κ3) is 8.41. The summed E-state index contributed by atoms with van der Waals surface area (Å²) in [6.45, 7) is 0.258. The molecule has 128 valence electrons. The Kier molecular flexibility index (Phi) is 9.41. The van der Waals surface area contributed by atoms with E-state index in [1.807, 2.05) is 13.1 Å². The number of aromatic nitrogens is 2. The number of aliphatic imine (C=N–C) groups is 1. The van der Waals surface area contributed by atoms with Gasteiger partial charge in [0.25, 0.3) is 0 Å². The Balaban J connectivity index is 0.00000441. The highest BCUT2D eigenvalue weighted by atomic mass is 127. The van der Waals surface area contributed by atoms with Crippen LogP contribution in [-0.2, 0) is 13.6 Å². The molecule has 6 nitrogen and oxygen atoms in total. The molecule has 1 rings (SSSR count). The van der Waals surface area contributed by atoms with Crippen LogP contribution in [0.3, 0.4) is 0 Å². The van der Waals surface area contributed by atoms with Gasteiger partial charge in [0, 0.05) is 33.4 Å². The van der Waals surface area contributed by atoms with Crippen molar-refractivity contribution in [1.29, 1.82) is 0 Å². The summed E-state index contributed by atoms with van der Waals surface area (Å²) in [7, 11) is 4.87. The first kappa shape index (κ1) is 21.0. The van der Waals surface area contributed by atoms with Crippen LogP contribution >= 0.6 is 24.0 Å². The number of hydrogen-bond acceptors (Lipinski definition) is 3. The van der Waals surface area contributed by atoms with Gasteiger partial charge in [0.05, 0.1) is 18.8 Å². The standard InChI is InChI=1S/C12H21F3N6.HI/c1-16-11(18-8-10-4-5-19-21(10)3)17-6-7-20(2)9-12(13,14)15;/h4-5H,6-9H2,1-3H3,(H2,16,17,18);1H. The SMILES string of the molecule is CN=C(NCCN(C)CC(F)(F)F)NCc1ccnn1C.I. The van der Waals surface area contributed by atoms with Crippen molar-refractivity contribution in [2.24, 2.45) is 12.0 Å². The number of halogens is 4. The third-order valence-electron chi connectivity index (χ3n) is 2.82.